The zero-order valence-electron chi connectivity index (χ0n) is 15.3. The second-order valence-electron chi connectivity index (χ2n) is 6.80. The van der Waals surface area contributed by atoms with Gasteiger partial charge >= 0.3 is 0 Å². The van der Waals surface area contributed by atoms with Gasteiger partial charge in [0, 0.05) is 45.3 Å². The van der Waals surface area contributed by atoms with Crippen LogP contribution >= 0.6 is 0 Å². The van der Waals surface area contributed by atoms with Crippen molar-refractivity contribution in [1.82, 2.24) is 15.1 Å². The Bertz CT molecular complexity index is 621. The van der Waals surface area contributed by atoms with Crippen LogP contribution in [0.2, 0.25) is 0 Å². The predicted octanol–water partition coefficient (Wildman–Crippen LogP) is 2.77. The van der Waals surface area contributed by atoms with Crippen molar-refractivity contribution in [2.45, 2.75) is 12.6 Å². The number of hydrogen-bond acceptors (Lipinski definition) is 4. The van der Waals surface area contributed by atoms with Crippen molar-refractivity contribution in [3.05, 3.63) is 65.7 Å². The van der Waals surface area contributed by atoms with E-state index in [1.807, 2.05) is 12.1 Å². The quantitative estimate of drug-likeness (QED) is 0.839. The molecule has 0 aliphatic carbocycles. The minimum absolute atomic E-state index is 0.340. The fourth-order valence-corrected chi connectivity index (χ4v) is 3.25. The van der Waals surface area contributed by atoms with Gasteiger partial charge in [-0.15, -0.1) is 0 Å². The first kappa shape index (κ1) is 17.9. The molecule has 1 fully saturated rings. The second-order valence-corrected chi connectivity index (χ2v) is 6.80. The molecule has 1 aliphatic rings. The third-order valence-electron chi connectivity index (χ3n) is 4.95. The fourth-order valence-electron chi connectivity index (χ4n) is 3.25. The second kappa shape index (κ2) is 8.99. The topological polar surface area (TPSA) is 27.7 Å². The third kappa shape index (κ3) is 5.30. The van der Waals surface area contributed by atoms with E-state index < -0.39 is 0 Å². The van der Waals surface area contributed by atoms with E-state index in [1.54, 1.807) is 7.11 Å². The summed E-state index contributed by atoms with van der Waals surface area (Å²) >= 11 is 0. The van der Waals surface area contributed by atoms with Crippen molar-refractivity contribution < 1.29 is 4.74 Å². The van der Waals surface area contributed by atoms with Gasteiger partial charge in [-0.25, -0.2) is 0 Å². The summed E-state index contributed by atoms with van der Waals surface area (Å²) in [5, 5.41) is 3.75. The number of nitrogens with one attached hydrogen (secondary N) is 1. The van der Waals surface area contributed by atoms with Crippen molar-refractivity contribution >= 4 is 0 Å². The number of methoxy groups -OCH3 is 1. The Balaban J connectivity index is 1.63. The summed E-state index contributed by atoms with van der Waals surface area (Å²) in [5.41, 5.74) is 2.63. The van der Waals surface area contributed by atoms with Gasteiger partial charge in [-0.2, -0.15) is 0 Å². The summed E-state index contributed by atoms with van der Waals surface area (Å²) in [4.78, 5) is 4.97. The average Bonchev–Trinajstić information content (AvgIpc) is 2.68. The van der Waals surface area contributed by atoms with Gasteiger partial charge in [-0.1, -0.05) is 42.5 Å². The van der Waals surface area contributed by atoms with Crippen molar-refractivity contribution in [2.24, 2.45) is 0 Å². The normalized spacial score (nSPS) is 17.4. The van der Waals surface area contributed by atoms with E-state index in [0.29, 0.717) is 6.04 Å². The van der Waals surface area contributed by atoms with E-state index in [9.17, 15) is 0 Å². The molecule has 0 radical (unpaired) electrons. The first-order valence-corrected chi connectivity index (χ1v) is 9.07. The maximum Gasteiger partial charge on any atom is 0.118 e. The van der Waals surface area contributed by atoms with Crippen LogP contribution in [0.3, 0.4) is 0 Å². The lowest BCUT2D eigenvalue weighted by atomic mass is 10.1. The van der Waals surface area contributed by atoms with Crippen LogP contribution in [0.4, 0.5) is 0 Å². The number of piperazine rings is 1. The molecule has 4 heteroatoms. The van der Waals surface area contributed by atoms with Gasteiger partial charge < -0.3 is 15.0 Å². The molecular formula is C21H29N3O. The highest BCUT2D eigenvalue weighted by atomic mass is 16.5. The molecule has 1 saturated heterocycles. The van der Waals surface area contributed by atoms with E-state index in [0.717, 1.165) is 45.0 Å². The molecular weight excluding hydrogens is 310 g/mol. The lowest BCUT2D eigenvalue weighted by Gasteiger charge is -2.35. The Morgan fingerprint density at radius 1 is 0.960 bits per heavy atom. The Labute approximate surface area is 151 Å². The molecule has 0 bridgehead atoms. The van der Waals surface area contributed by atoms with Gasteiger partial charge in [0.05, 0.1) is 7.11 Å². The maximum absolute atomic E-state index is 5.24. The summed E-state index contributed by atoms with van der Waals surface area (Å²) in [6.45, 7) is 6.50. The molecule has 0 unspecified atom stereocenters. The number of benzene rings is 2. The van der Waals surface area contributed by atoms with Crippen LogP contribution < -0.4 is 10.1 Å². The largest absolute Gasteiger partial charge is 0.497 e. The summed E-state index contributed by atoms with van der Waals surface area (Å²) in [6.07, 6.45) is 0. The third-order valence-corrected chi connectivity index (χ3v) is 4.95. The zero-order valence-corrected chi connectivity index (χ0v) is 15.3. The van der Waals surface area contributed by atoms with E-state index >= 15 is 0 Å². The lowest BCUT2D eigenvalue weighted by Crippen LogP contribution is -2.47. The number of likely N-dealkylation sites (N-methyl/N-ethyl adjacent to an activating group) is 1. The minimum atomic E-state index is 0.340. The molecule has 1 atom stereocenters. The van der Waals surface area contributed by atoms with Gasteiger partial charge in [0.1, 0.15) is 5.75 Å². The van der Waals surface area contributed by atoms with Crippen LogP contribution in [-0.4, -0.2) is 56.7 Å². The highest BCUT2D eigenvalue weighted by Crippen LogP contribution is 2.17. The molecule has 4 nitrogen and oxygen atoms in total. The maximum atomic E-state index is 5.24. The van der Waals surface area contributed by atoms with Gasteiger partial charge in [0.15, 0.2) is 0 Å². The molecule has 0 amide bonds. The molecule has 0 aromatic heterocycles. The number of rotatable bonds is 7. The lowest BCUT2D eigenvalue weighted by molar-refractivity contribution is 0.142. The van der Waals surface area contributed by atoms with Crippen LogP contribution in [0, 0.1) is 0 Å². The van der Waals surface area contributed by atoms with Gasteiger partial charge in [0.25, 0.3) is 0 Å². The highest BCUT2D eigenvalue weighted by molar-refractivity contribution is 5.27. The van der Waals surface area contributed by atoms with Gasteiger partial charge in [-0.3, -0.25) is 4.90 Å². The van der Waals surface area contributed by atoms with E-state index in [1.165, 1.54) is 11.1 Å². The first-order chi connectivity index (χ1) is 12.2. The van der Waals surface area contributed by atoms with Crippen LogP contribution in [0.1, 0.15) is 17.2 Å². The van der Waals surface area contributed by atoms with Crippen LogP contribution in [0.15, 0.2) is 54.6 Å². The number of nitrogens with zero attached hydrogens (tertiary/aromatic N) is 2. The van der Waals surface area contributed by atoms with Crippen LogP contribution in [0.5, 0.6) is 5.75 Å². The van der Waals surface area contributed by atoms with Gasteiger partial charge in [0.2, 0.25) is 0 Å². The van der Waals surface area contributed by atoms with Crippen molar-refractivity contribution in [1.29, 1.82) is 0 Å². The molecule has 2 aromatic rings. The van der Waals surface area contributed by atoms with Gasteiger partial charge in [-0.05, 0) is 30.3 Å². The Morgan fingerprint density at radius 2 is 1.64 bits per heavy atom. The molecule has 134 valence electrons. The molecule has 1 N–H and O–H groups in total. The van der Waals surface area contributed by atoms with E-state index in [2.05, 4.69) is 64.6 Å². The molecule has 3 rings (SSSR count). The molecule has 1 aliphatic heterocycles. The number of ether oxygens (including phenoxy) is 1. The summed E-state index contributed by atoms with van der Waals surface area (Å²) in [6, 6.07) is 19.4. The molecule has 0 saturated carbocycles. The predicted molar refractivity (Wildman–Crippen MR) is 103 cm³/mol. The van der Waals surface area contributed by atoms with Crippen LogP contribution in [-0.2, 0) is 6.54 Å². The smallest absolute Gasteiger partial charge is 0.118 e. The summed E-state index contributed by atoms with van der Waals surface area (Å²) < 4.78 is 5.24. The fraction of sp³-hybridized carbons (Fsp3) is 0.429. The Kier molecular flexibility index (Phi) is 6.45. The molecule has 2 aromatic carbocycles. The SMILES string of the molecule is COc1ccc(CN[C@H](CN2CCN(C)CC2)c2ccccc2)cc1. The van der Waals surface area contributed by atoms with E-state index in [-0.39, 0.29) is 0 Å². The van der Waals surface area contributed by atoms with Crippen molar-refractivity contribution in [2.75, 3.05) is 46.9 Å². The minimum Gasteiger partial charge on any atom is -0.497 e. The Morgan fingerprint density at radius 3 is 2.28 bits per heavy atom. The monoisotopic (exact) mass is 339 g/mol. The zero-order chi connectivity index (χ0) is 17.5. The number of hydrogen-bond donors (Lipinski definition) is 1. The molecule has 25 heavy (non-hydrogen) atoms. The van der Waals surface area contributed by atoms with Crippen LogP contribution in [0.25, 0.3) is 0 Å². The molecule has 0 spiro atoms. The molecule has 1 heterocycles. The standard InChI is InChI=1S/C21H29N3O/c1-23-12-14-24(15-13-23)17-21(19-6-4-3-5-7-19)22-16-18-8-10-20(25-2)11-9-18/h3-11,21-22H,12-17H2,1-2H3/t21-/m1/s1. The Hall–Kier alpha value is -1.88. The van der Waals surface area contributed by atoms with Crippen molar-refractivity contribution in [3.8, 4) is 5.75 Å². The summed E-state index contributed by atoms with van der Waals surface area (Å²) in [5.74, 6) is 0.904. The summed E-state index contributed by atoms with van der Waals surface area (Å²) in [7, 11) is 3.91. The first-order valence-electron chi connectivity index (χ1n) is 9.07. The highest BCUT2D eigenvalue weighted by Gasteiger charge is 2.19. The van der Waals surface area contributed by atoms with Crippen molar-refractivity contribution in [3.63, 3.8) is 0 Å². The van der Waals surface area contributed by atoms with E-state index in [4.69, 9.17) is 4.74 Å². The average molecular weight is 339 g/mol.